The van der Waals surface area contributed by atoms with Crippen LogP contribution >= 0.6 is 11.3 Å². The summed E-state index contributed by atoms with van der Waals surface area (Å²) < 4.78 is 33.7. The molecule has 0 aliphatic heterocycles. The molecule has 0 bridgehead atoms. The average molecular weight is 354 g/mol. The van der Waals surface area contributed by atoms with Crippen molar-refractivity contribution in [2.45, 2.75) is 45.1 Å². The molecule has 0 atom stereocenters. The maximum absolute atomic E-state index is 12.7. The lowest BCUT2D eigenvalue weighted by Gasteiger charge is -2.17. The number of hydrogen-bond acceptors (Lipinski definition) is 4. The Labute approximate surface area is 142 Å². The zero-order valence-corrected chi connectivity index (χ0v) is 15.6. The van der Waals surface area contributed by atoms with Gasteiger partial charge in [0, 0.05) is 11.4 Å². The van der Waals surface area contributed by atoms with Crippen molar-refractivity contribution in [3.05, 3.63) is 45.6 Å². The molecule has 0 aliphatic carbocycles. The van der Waals surface area contributed by atoms with Gasteiger partial charge in [-0.15, -0.1) is 11.3 Å². The highest BCUT2D eigenvalue weighted by atomic mass is 32.2. The first-order valence-corrected chi connectivity index (χ1v) is 10.0. The molecule has 23 heavy (non-hydrogen) atoms. The standard InChI is InChI=1S/C17H23NO3S2/c1-5-21-16-9-13(4)15(12(2)3)10-17(16)23(19,20)18-11-14-7-6-8-22-14/h6-10,12,18H,5,11H2,1-4H3. The Morgan fingerprint density at radius 1 is 1.30 bits per heavy atom. The second kappa shape index (κ2) is 7.47. The molecule has 1 heterocycles. The largest absolute Gasteiger partial charge is 0.492 e. The number of nitrogens with one attached hydrogen (secondary N) is 1. The molecule has 2 aromatic rings. The predicted molar refractivity (Wildman–Crippen MR) is 94.8 cm³/mol. The van der Waals surface area contributed by atoms with Gasteiger partial charge in [-0.1, -0.05) is 19.9 Å². The number of thiophene rings is 1. The Hall–Kier alpha value is -1.37. The summed E-state index contributed by atoms with van der Waals surface area (Å²) in [6.45, 7) is 8.65. The normalized spacial score (nSPS) is 11.9. The van der Waals surface area contributed by atoms with Gasteiger partial charge in [0.1, 0.15) is 10.6 Å². The van der Waals surface area contributed by atoms with E-state index in [9.17, 15) is 8.42 Å². The molecule has 0 radical (unpaired) electrons. The molecule has 0 fully saturated rings. The average Bonchev–Trinajstić information content (AvgIpc) is 2.98. The van der Waals surface area contributed by atoms with Crippen molar-refractivity contribution in [3.8, 4) is 5.75 Å². The molecule has 2 rings (SSSR count). The minimum atomic E-state index is -3.63. The van der Waals surface area contributed by atoms with E-state index in [4.69, 9.17) is 4.74 Å². The van der Waals surface area contributed by atoms with Gasteiger partial charge in [0.05, 0.1) is 6.61 Å². The molecule has 0 amide bonds. The first-order valence-electron chi connectivity index (χ1n) is 7.64. The lowest BCUT2D eigenvalue weighted by atomic mass is 9.98. The van der Waals surface area contributed by atoms with E-state index in [1.165, 1.54) is 11.3 Å². The first kappa shape index (κ1) is 18.0. The van der Waals surface area contributed by atoms with Crippen LogP contribution in [0.2, 0.25) is 0 Å². The van der Waals surface area contributed by atoms with Gasteiger partial charge in [-0.25, -0.2) is 13.1 Å². The van der Waals surface area contributed by atoms with Gasteiger partial charge >= 0.3 is 0 Å². The highest BCUT2D eigenvalue weighted by Gasteiger charge is 2.22. The Balaban J connectivity index is 2.39. The Kier molecular flexibility index (Phi) is 5.84. The maximum atomic E-state index is 12.7. The van der Waals surface area contributed by atoms with Gasteiger partial charge in [-0.2, -0.15) is 0 Å². The van der Waals surface area contributed by atoms with Gasteiger partial charge in [-0.3, -0.25) is 0 Å². The summed E-state index contributed by atoms with van der Waals surface area (Å²) in [5, 5.41) is 1.93. The Morgan fingerprint density at radius 3 is 2.61 bits per heavy atom. The zero-order valence-electron chi connectivity index (χ0n) is 13.9. The lowest BCUT2D eigenvalue weighted by Crippen LogP contribution is -2.24. The van der Waals surface area contributed by atoms with E-state index in [1.54, 1.807) is 6.07 Å². The van der Waals surface area contributed by atoms with Gasteiger partial charge in [0.25, 0.3) is 0 Å². The SMILES string of the molecule is CCOc1cc(C)c(C(C)C)cc1S(=O)(=O)NCc1cccs1. The fraction of sp³-hybridized carbons (Fsp3) is 0.412. The number of benzene rings is 1. The van der Waals surface area contributed by atoms with Gasteiger partial charge < -0.3 is 4.74 Å². The molecule has 0 saturated carbocycles. The van der Waals surface area contributed by atoms with Gasteiger partial charge in [0.2, 0.25) is 10.0 Å². The van der Waals surface area contributed by atoms with Crippen molar-refractivity contribution in [2.75, 3.05) is 6.61 Å². The van der Waals surface area contributed by atoms with E-state index in [0.29, 0.717) is 12.4 Å². The fourth-order valence-electron chi connectivity index (χ4n) is 2.43. The van der Waals surface area contributed by atoms with E-state index in [-0.39, 0.29) is 17.4 Å². The number of aryl methyl sites for hydroxylation is 1. The summed E-state index contributed by atoms with van der Waals surface area (Å²) >= 11 is 1.53. The Bertz CT molecular complexity index is 750. The third-order valence-corrected chi connectivity index (χ3v) is 5.86. The molecule has 4 nitrogen and oxygen atoms in total. The van der Waals surface area contributed by atoms with Crippen LogP contribution in [-0.4, -0.2) is 15.0 Å². The maximum Gasteiger partial charge on any atom is 0.244 e. The monoisotopic (exact) mass is 353 g/mol. The van der Waals surface area contributed by atoms with Crippen molar-refractivity contribution in [1.29, 1.82) is 0 Å². The molecule has 6 heteroatoms. The number of sulfonamides is 1. The van der Waals surface area contributed by atoms with Crippen LogP contribution < -0.4 is 9.46 Å². The second-order valence-corrected chi connectivity index (χ2v) is 8.41. The first-order chi connectivity index (χ1) is 10.8. The van der Waals surface area contributed by atoms with Gasteiger partial charge in [-0.05, 0) is 54.5 Å². The minimum absolute atomic E-state index is 0.213. The molecule has 1 N–H and O–H groups in total. The summed E-state index contributed by atoms with van der Waals surface area (Å²) in [4.78, 5) is 1.19. The molecule has 0 spiro atoms. The number of ether oxygens (including phenoxy) is 1. The van der Waals surface area contributed by atoms with E-state index < -0.39 is 10.0 Å². The fourth-order valence-corrected chi connectivity index (χ4v) is 4.34. The van der Waals surface area contributed by atoms with Crippen LogP contribution in [0.4, 0.5) is 0 Å². The predicted octanol–water partition coefficient (Wildman–Crippen LogP) is 4.06. The second-order valence-electron chi connectivity index (χ2n) is 5.65. The van der Waals surface area contributed by atoms with E-state index in [1.807, 2.05) is 37.4 Å². The third kappa shape index (κ3) is 4.34. The highest BCUT2D eigenvalue weighted by Crippen LogP contribution is 2.31. The zero-order chi connectivity index (χ0) is 17.0. The van der Waals surface area contributed by atoms with Crippen molar-refractivity contribution in [3.63, 3.8) is 0 Å². The molecule has 1 aromatic carbocycles. The van der Waals surface area contributed by atoms with Crippen molar-refractivity contribution in [2.24, 2.45) is 0 Å². The third-order valence-electron chi connectivity index (χ3n) is 3.56. The van der Waals surface area contributed by atoms with Crippen LogP contribution in [0.1, 0.15) is 42.7 Å². The van der Waals surface area contributed by atoms with Gasteiger partial charge in [0.15, 0.2) is 0 Å². The molecule has 0 aliphatic rings. The van der Waals surface area contributed by atoms with Crippen molar-refractivity contribution in [1.82, 2.24) is 4.72 Å². The van der Waals surface area contributed by atoms with Crippen molar-refractivity contribution < 1.29 is 13.2 Å². The van der Waals surface area contributed by atoms with E-state index in [0.717, 1.165) is 16.0 Å². The van der Waals surface area contributed by atoms with Crippen LogP contribution in [-0.2, 0) is 16.6 Å². The molecular formula is C17H23NO3S2. The number of rotatable bonds is 7. The molecule has 0 unspecified atom stereocenters. The van der Waals surface area contributed by atoms with Crippen LogP contribution in [0, 0.1) is 6.92 Å². The summed E-state index contributed by atoms with van der Waals surface area (Å²) in [6.07, 6.45) is 0. The number of hydrogen-bond donors (Lipinski definition) is 1. The molecule has 126 valence electrons. The molecule has 1 aromatic heterocycles. The van der Waals surface area contributed by atoms with Crippen LogP contribution in [0.15, 0.2) is 34.5 Å². The topological polar surface area (TPSA) is 55.4 Å². The van der Waals surface area contributed by atoms with E-state index in [2.05, 4.69) is 18.6 Å². The van der Waals surface area contributed by atoms with Crippen LogP contribution in [0.3, 0.4) is 0 Å². The van der Waals surface area contributed by atoms with E-state index >= 15 is 0 Å². The summed E-state index contributed by atoms with van der Waals surface area (Å²) in [6, 6.07) is 7.37. The highest BCUT2D eigenvalue weighted by molar-refractivity contribution is 7.89. The van der Waals surface area contributed by atoms with Crippen LogP contribution in [0.25, 0.3) is 0 Å². The molecular weight excluding hydrogens is 330 g/mol. The quantitative estimate of drug-likeness (QED) is 0.817. The smallest absolute Gasteiger partial charge is 0.244 e. The van der Waals surface area contributed by atoms with Crippen LogP contribution in [0.5, 0.6) is 5.75 Å². The molecule has 0 saturated heterocycles. The van der Waals surface area contributed by atoms with Crippen molar-refractivity contribution >= 4 is 21.4 Å². The minimum Gasteiger partial charge on any atom is -0.492 e. The summed E-state index contributed by atoms with van der Waals surface area (Å²) in [7, 11) is -3.63. The Morgan fingerprint density at radius 2 is 2.04 bits per heavy atom. The summed E-state index contributed by atoms with van der Waals surface area (Å²) in [5.74, 6) is 0.657. The lowest BCUT2D eigenvalue weighted by molar-refractivity contribution is 0.330. The summed E-state index contributed by atoms with van der Waals surface area (Å²) in [5.41, 5.74) is 2.06.